The van der Waals surface area contributed by atoms with E-state index in [0.29, 0.717) is 35.8 Å². The number of nitrogens with one attached hydrogen (secondary N) is 2. The van der Waals surface area contributed by atoms with Gasteiger partial charge in [0.05, 0.1) is 16.2 Å². The highest BCUT2D eigenvalue weighted by molar-refractivity contribution is 6.03. The van der Waals surface area contributed by atoms with Crippen molar-refractivity contribution in [1.29, 1.82) is 0 Å². The summed E-state index contributed by atoms with van der Waals surface area (Å²) in [7, 11) is 3.84. The van der Waals surface area contributed by atoms with Crippen LogP contribution in [0.4, 0.5) is 17.1 Å². The normalized spacial score (nSPS) is 11.8. The molecule has 0 fully saturated rings. The number of hydrogen-bond acceptors (Lipinski definition) is 6. The number of fused-ring (bicyclic) bond motifs is 2. The summed E-state index contributed by atoms with van der Waals surface area (Å²) in [6.07, 6.45) is 0. The molecule has 8 heteroatoms. The van der Waals surface area contributed by atoms with Gasteiger partial charge in [-0.05, 0) is 32.3 Å². The third-order valence-corrected chi connectivity index (χ3v) is 3.79. The zero-order valence-electron chi connectivity index (χ0n) is 13.9. The molecule has 1 aliphatic heterocycles. The predicted molar refractivity (Wildman–Crippen MR) is 93.8 cm³/mol. The second kappa shape index (κ2) is 6.78. The molecule has 0 aromatic heterocycles. The summed E-state index contributed by atoms with van der Waals surface area (Å²) in [6, 6.07) is 9.66. The Labute approximate surface area is 144 Å². The molecule has 1 amide bonds. The van der Waals surface area contributed by atoms with Crippen LogP contribution in [-0.2, 0) is 0 Å². The van der Waals surface area contributed by atoms with Crippen LogP contribution in [0.25, 0.3) is 0 Å². The van der Waals surface area contributed by atoms with Crippen molar-refractivity contribution in [2.75, 3.05) is 32.5 Å². The number of amides is 1. The van der Waals surface area contributed by atoms with E-state index < -0.39 is 4.92 Å². The Kier molecular flexibility index (Phi) is 4.53. The first-order chi connectivity index (χ1) is 12.0. The summed E-state index contributed by atoms with van der Waals surface area (Å²) in [5.41, 5.74) is 0.936. The van der Waals surface area contributed by atoms with Gasteiger partial charge in [0.2, 0.25) is 0 Å². The third-order valence-electron chi connectivity index (χ3n) is 3.79. The predicted octanol–water partition coefficient (Wildman–Crippen LogP) is 2.74. The van der Waals surface area contributed by atoms with Gasteiger partial charge in [-0.15, -0.1) is 0 Å². The van der Waals surface area contributed by atoms with Gasteiger partial charge in [-0.25, -0.2) is 0 Å². The molecule has 0 aliphatic carbocycles. The Morgan fingerprint density at radius 3 is 2.56 bits per heavy atom. The molecule has 2 aromatic carbocycles. The quantitative estimate of drug-likeness (QED) is 0.547. The van der Waals surface area contributed by atoms with E-state index in [1.165, 1.54) is 6.07 Å². The molecule has 0 unspecified atom stereocenters. The van der Waals surface area contributed by atoms with Crippen LogP contribution in [0, 0.1) is 10.1 Å². The summed E-state index contributed by atoms with van der Waals surface area (Å²) in [5.74, 6) is 0.539. The van der Waals surface area contributed by atoms with Crippen LogP contribution in [0.15, 0.2) is 36.4 Å². The number of anilines is 2. The molecular weight excluding hydrogens is 324 g/mol. The van der Waals surface area contributed by atoms with Crippen LogP contribution < -0.4 is 15.4 Å². The van der Waals surface area contributed by atoms with Crippen molar-refractivity contribution in [3.8, 4) is 11.5 Å². The molecule has 2 aromatic rings. The number of carbonyl (C=O) groups excluding carboxylic acids is 1. The van der Waals surface area contributed by atoms with Crippen molar-refractivity contribution in [3.63, 3.8) is 0 Å². The lowest BCUT2D eigenvalue weighted by Crippen LogP contribution is -2.31. The molecule has 3 rings (SSSR count). The smallest absolute Gasteiger partial charge is 0.296 e. The fraction of sp³-hybridized carbons (Fsp3) is 0.235. The number of carbonyl (C=O) groups is 1. The monoisotopic (exact) mass is 342 g/mol. The largest absolute Gasteiger partial charge is 0.453 e. The maximum absolute atomic E-state index is 12.5. The third kappa shape index (κ3) is 3.38. The molecule has 0 radical (unpaired) electrons. The van der Waals surface area contributed by atoms with E-state index in [1.807, 2.05) is 19.0 Å². The van der Waals surface area contributed by atoms with Crippen molar-refractivity contribution >= 4 is 23.0 Å². The fourth-order valence-corrected chi connectivity index (χ4v) is 2.55. The summed E-state index contributed by atoms with van der Waals surface area (Å²) < 4.78 is 5.75. The molecule has 0 spiro atoms. The van der Waals surface area contributed by atoms with Crippen LogP contribution >= 0.6 is 0 Å². The van der Waals surface area contributed by atoms with Crippen molar-refractivity contribution in [3.05, 3.63) is 52.1 Å². The number of hydrogen-bond donors (Lipinski definition) is 2. The second-order valence-corrected chi connectivity index (χ2v) is 5.87. The minimum absolute atomic E-state index is 0.106. The molecule has 0 saturated carbocycles. The fourth-order valence-electron chi connectivity index (χ4n) is 2.55. The van der Waals surface area contributed by atoms with Crippen LogP contribution in [0.3, 0.4) is 0 Å². The number of para-hydroxylation sites is 2. The van der Waals surface area contributed by atoms with E-state index in [-0.39, 0.29) is 17.3 Å². The number of rotatable bonds is 5. The Bertz CT molecular complexity index is 835. The van der Waals surface area contributed by atoms with E-state index in [4.69, 9.17) is 4.74 Å². The number of nitrogens with zero attached hydrogens (tertiary/aromatic N) is 2. The zero-order valence-corrected chi connectivity index (χ0v) is 13.9. The molecule has 0 saturated heterocycles. The van der Waals surface area contributed by atoms with Gasteiger partial charge < -0.3 is 20.3 Å². The highest BCUT2D eigenvalue weighted by Gasteiger charge is 2.27. The Balaban J connectivity index is 1.91. The molecule has 1 heterocycles. The van der Waals surface area contributed by atoms with Gasteiger partial charge in [0, 0.05) is 19.2 Å². The summed E-state index contributed by atoms with van der Waals surface area (Å²) in [4.78, 5) is 25.2. The standard InChI is InChI=1S/C17H18N4O4/c1-20(2)10-9-18-17(22)11-5-3-7-13-15(11)19-16-12(21(23)24)6-4-8-14(16)25-13/h3-8,19H,9-10H2,1-2H3,(H,18,22). The van der Waals surface area contributed by atoms with Gasteiger partial charge in [-0.3, -0.25) is 14.9 Å². The van der Waals surface area contributed by atoms with Crippen LogP contribution in [-0.4, -0.2) is 42.9 Å². The molecule has 0 bridgehead atoms. The Morgan fingerprint density at radius 2 is 1.88 bits per heavy atom. The first kappa shape index (κ1) is 16.7. The van der Waals surface area contributed by atoms with Gasteiger partial charge >= 0.3 is 0 Å². The molecule has 8 nitrogen and oxygen atoms in total. The van der Waals surface area contributed by atoms with E-state index >= 15 is 0 Å². The van der Waals surface area contributed by atoms with Gasteiger partial charge in [0.15, 0.2) is 17.2 Å². The topological polar surface area (TPSA) is 96.7 Å². The zero-order chi connectivity index (χ0) is 18.0. The maximum Gasteiger partial charge on any atom is 0.296 e. The SMILES string of the molecule is CN(C)CCNC(=O)c1cccc2c1Nc1c(cccc1[N+](=O)[O-])O2. The highest BCUT2D eigenvalue weighted by atomic mass is 16.6. The van der Waals surface area contributed by atoms with E-state index in [0.717, 1.165) is 0 Å². The number of nitro benzene ring substituents is 1. The molecule has 0 atom stereocenters. The minimum atomic E-state index is -0.486. The lowest BCUT2D eigenvalue weighted by atomic mass is 10.1. The lowest BCUT2D eigenvalue weighted by Gasteiger charge is -2.23. The van der Waals surface area contributed by atoms with Gasteiger partial charge in [0.25, 0.3) is 11.6 Å². The van der Waals surface area contributed by atoms with Crippen LogP contribution in [0.2, 0.25) is 0 Å². The van der Waals surface area contributed by atoms with Crippen molar-refractivity contribution < 1.29 is 14.5 Å². The minimum Gasteiger partial charge on any atom is -0.453 e. The Hall–Kier alpha value is -3.13. The van der Waals surface area contributed by atoms with Crippen LogP contribution in [0.5, 0.6) is 11.5 Å². The molecule has 2 N–H and O–H groups in total. The average Bonchev–Trinajstić information content (AvgIpc) is 2.58. The Morgan fingerprint density at radius 1 is 1.20 bits per heavy atom. The average molecular weight is 342 g/mol. The van der Waals surface area contributed by atoms with Gasteiger partial charge in [0.1, 0.15) is 0 Å². The molecule has 25 heavy (non-hydrogen) atoms. The molecule has 1 aliphatic rings. The first-order valence-corrected chi connectivity index (χ1v) is 7.75. The van der Waals surface area contributed by atoms with E-state index in [1.54, 1.807) is 30.3 Å². The highest BCUT2D eigenvalue weighted by Crippen LogP contribution is 2.47. The lowest BCUT2D eigenvalue weighted by molar-refractivity contribution is -0.384. The number of likely N-dealkylation sites (N-methyl/N-ethyl adjacent to an activating group) is 1. The molecular formula is C17H18N4O4. The van der Waals surface area contributed by atoms with Crippen molar-refractivity contribution in [2.24, 2.45) is 0 Å². The van der Waals surface area contributed by atoms with Gasteiger partial charge in [-0.2, -0.15) is 0 Å². The second-order valence-electron chi connectivity index (χ2n) is 5.87. The number of ether oxygens (including phenoxy) is 1. The summed E-state index contributed by atoms with van der Waals surface area (Å²) in [6.45, 7) is 1.20. The summed E-state index contributed by atoms with van der Waals surface area (Å²) >= 11 is 0. The number of benzene rings is 2. The van der Waals surface area contributed by atoms with Crippen molar-refractivity contribution in [2.45, 2.75) is 0 Å². The number of nitro groups is 1. The van der Waals surface area contributed by atoms with Gasteiger partial charge in [-0.1, -0.05) is 12.1 Å². The molecule has 130 valence electrons. The summed E-state index contributed by atoms with van der Waals surface area (Å²) in [5, 5.41) is 17.1. The van der Waals surface area contributed by atoms with Crippen LogP contribution in [0.1, 0.15) is 10.4 Å². The van der Waals surface area contributed by atoms with E-state index in [9.17, 15) is 14.9 Å². The van der Waals surface area contributed by atoms with E-state index in [2.05, 4.69) is 10.6 Å². The first-order valence-electron chi connectivity index (χ1n) is 7.75. The van der Waals surface area contributed by atoms with Crippen molar-refractivity contribution in [1.82, 2.24) is 10.2 Å². The maximum atomic E-state index is 12.5.